The van der Waals surface area contributed by atoms with Gasteiger partial charge in [-0.3, -0.25) is 0 Å². The average Bonchev–Trinajstić information content (AvgIpc) is 2.37. The van der Waals surface area contributed by atoms with Crippen LogP contribution in [0.5, 0.6) is 0 Å². The Balaban J connectivity index is 1.99. The summed E-state index contributed by atoms with van der Waals surface area (Å²) in [7, 11) is 0. The predicted octanol–water partition coefficient (Wildman–Crippen LogP) is 1.07. The molecule has 66 valence electrons. The third-order valence-electron chi connectivity index (χ3n) is 2.11. The van der Waals surface area contributed by atoms with Crippen LogP contribution in [0.4, 0.5) is 0 Å². The van der Waals surface area contributed by atoms with Crippen molar-refractivity contribution in [2.75, 3.05) is 25.5 Å². The number of aliphatic hydroxyl groups is 1. The number of nitrogens with zero attached hydrogens (tertiary/aromatic N) is 1. The van der Waals surface area contributed by atoms with Crippen molar-refractivity contribution in [3.05, 3.63) is 0 Å². The van der Waals surface area contributed by atoms with Crippen LogP contribution in [0.3, 0.4) is 0 Å². The minimum atomic E-state index is -0.0778. The van der Waals surface area contributed by atoms with E-state index in [1.165, 1.54) is 0 Å². The molecule has 1 N–H and O–H groups in total. The Labute approximate surface area is 73.1 Å². The van der Waals surface area contributed by atoms with Crippen LogP contribution in [0.1, 0.15) is 19.3 Å². The van der Waals surface area contributed by atoms with Gasteiger partial charge in [-0.05, 0) is 25.8 Å². The summed E-state index contributed by atoms with van der Waals surface area (Å²) >= 11 is 5.55. The number of halogens is 1. The van der Waals surface area contributed by atoms with E-state index in [-0.39, 0.29) is 6.10 Å². The lowest BCUT2D eigenvalue weighted by Gasteiger charge is -2.13. The van der Waals surface area contributed by atoms with Crippen molar-refractivity contribution in [1.82, 2.24) is 4.90 Å². The molecule has 0 aliphatic carbocycles. The van der Waals surface area contributed by atoms with Gasteiger partial charge in [0, 0.05) is 19.0 Å². The zero-order valence-electron chi connectivity index (χ0n) is 6.80. The maximum absolute atomic E-state index is 9.19. The molecule has 0 aromatic heterocycles. The van der Waals surface area contributed by atoms with Crippen LogP contribution in [0.15, 0.2) is 0 Å². The molecule has 3 heteroatoms. The molecule has 1 aliphatic heterocycles. The van der Waals surface area contributed by atoms with E-state index in [9.17, 15) is 5.11 Å². The first kappa shape index (κ1) is 9.30. The molecule has 0 saturated carbocycles. The second-order valence-corrected chi connectivity index (χ2v) is 3.52. The van der Waals surface area contributed by atoms with E-state index in [0.29, 0.717) is 0 Å². The first-order valence-electron chi connectivity index (χ1n) is 4.29. The van der Waals surface area contributed by atoms with Crippen LogP contribution in [0.25, 0.3) is 0 Å². The molecule has 2 nitrogen and oxygen atoms in total. The molecule has 0 aromatic carbocycles. The molecule has 1 saturated heterocycles. The summed E-state index contributed by atoms with van der Waals surface area (Å²) in [5, 5.41) is 9.19. The van der Waals surface area contributed by atoms with Gasteiger partial charge >= 0.3 is 0 Å². The van der Waals surface area contributed by atoms with Crippen molar-refractivity contribution in [3.8, 4) is 0 Å². The highest BCUT2D eigenvalue weighted by Crippen LogP contribution is 2.09. The van der Waals surface area contributed by atoms with Gasteiger partial charge in [-0.25, -0.2) is 0 Å². The van der Waals surface area contributed by atoms with Gasteiger partial charge in [-0.15, -0.1) is 11.6 Å². The first-order valence-corrected chi connectivity index (χ1v) is 4.83. The van der Waals surface area contributed by atoms with E-state index >= 15 is 0 Å². The third-order valence-corrected chi connectivity index (χ3v) is 2.37. The summed E-state index contributed by atoms with van der Waals surface area (Å²) in [6.07, 6.45) is 3.12. The van der Waals surface area contributed by atoms with Crippen LogP contribution in [0, 0.1) is 0 Å². The van der Waals surface area contributed by atoms with E-state index in [4.69, 9.17) is 11.6 Å². The molecule has 1 heterocycles. The van der Waals surface area contributed by atoms with E-state index < -0.39 is 0 Å². The Bertz CT molecular complexity index is 110. The van der Waals surface area contributed by atoms with Crippen molar-refractivity contribution in [1.29, 1.82) is 0 Å². The maximum Gasteiger partial charge on any atom is 0.0679 e. The predicted molar refractivity (Wildman–Crippen MR) is 47.0 cm³/mol. The van der Waals surface area contributed by atoms with Crippen LogP contribution in [-0.2, 0) is 0 Å². The summed E-state index contributed by atoms with van der Waals surface area (Å²) in [5.41, 5.74) is 0. The van der Waals surface area contributed by atoms with E-state index in [0.717, 1.165) is 44.8 Å². The number of alkyl halides is 1. The van der Waals surface area contributed by atoms with Crippen LogP contribution in [0.2, 0.25) is 0 Å². The molecule has 1 unspecified atom stereocenters. The highest BCUT2D eigenvalue weighted by atomic mass is 35.5. The Morgan fingerprint density at radius 2 is 2.27 bits per heavy atom. The summed E-state index contributed by atoms with van der Waals surface area (Å²) in [4.78, 5) is 2.30. The van der Waals surface area contributed by atoms with Gasteiger partial charge in [0.05, 0.1) is 6.10 Å². The number of unbranched alkanes of at least 4 members (excludes halogenated alkanes) is 1. The highest BCUT2D eigenvalue weighted by molar-refractivity contribution is 6.17. The topological polar surface area (TPSA) is 23.5 Å². The van der Waals surface area contributed by atoms with Crippen molar-refractivity contribution < 1.29 is 5.11 Å². The molecule has 1 atom stereocenters. The normalized spacial score (nSPS) is 26.2. The second-order valence-electron chi connectivity index (χ2n) is 3.14. The second kappa shape index (κ2) is 4.96. The van der Waals surface area contributed by atoms with E-state index in [1.807, 2.05) is 0 Å². The smallest absolute Gasteiger partial charge is 0.0679 e. The van der Waals surface area contributed by atoms with Crippen molar-refractivity contribution in [3.63, 3.8) is 0 Å². The number of hydrogen-bond donors (Lipinski definition) is 1. The molecular formula is C8H16ClNO. The fourth-order valence-electron chi connectivity index (χ4n) is 1.45. The minimum absolute atomic E-state index is 0.0778. The maximum atomic E-state index is 9.19. The Kier molecular flexibility index (Phi) is 4.20. The number of rotatable bonds is 4. The minimum Gasteiger partial charge on any atom is -0.392 e. The third kappa shape index (κ3) is 3.41. The van der Waals surface area contributed by atoms with Crippen LogP contribution < -0.4 is 0 Å². The fraction of sp³-hybridized carbons (Fsp3) is 1.00. The summed E-state index contributed by atoms with van der Waals surface area (Å²) in [5.74, 6) is 0.760. The molecule has 1 aliphatic rings. The molecule has 0 amide bonds. The van der Waals surface area contributed by atoms with Crippen molar-refractivity contribution in [2.45, 2.75) is 25.4 Å². The Morgan fingerprint density at radius 1 is 1.45 bits per heavy atom. The number of likely N-dealkylation sites (tertiary alicyclic amines) is 1. The quantitative estimate of drug-likeness (QED) is 0.513. The fourth-order valence-corrected chi connectivity index (χ4v) is 1.63. The SMILES string of the molecule is OC1CCN(CCCCCl)C1. The zero-order chi connectivity index (χ0) is 8.10. The summed E-state index contributed by atoms with van der Waals surface area (Å²) in [6, 6.07) is 0. The lowest BCUT2D eigenvalue weighted by Crippen LogP contribution is -2.23. The van der Waals surface area contributed by atoms with E-state index in [2.05, 4.69) is 4.90 Å². The largest absolute Gasteiger partial charge is 0.392 e. The van der Waals surface area contributed by atoms with Gasteiger partial charge < -0.3 is 10.0 Å². The molecule has 11 heavy (non-hydrogen) atoms. The molecule has 0 bridgehead atoms. The van der Waals surface area contributed by atoms with Crippen molar-refractivity contribution >= 4 is 11.6 Å². The zero-order valence-corrected chi connectivity index (χ0v) is 7.56. The van der Waals surface area contributed by atoms with Gasteiger partial charge in [0.15, 0.2) is 0 Å². The average molecular weight is 178 g/mol. The lowest BCUT2D eigenvalue weighted by molar-refractivity contribution is 0.176. The number of hydrogen-bond acceptors (Lipinski definition) is 2. The van der Waals surface area contributed by atoms with Crippen molar-refractivity contribution in [2.24, 2.45) is 0 Å². The van der Waals surface area contributed by atoms with Gasteiger partial charge in [0.2, 0.25) is 0 Å². The van der Waals surface area contributed by atoms with Gasteiger partial charge in [-0.1, -0.05) is 0 Å². The van der Waals surface area contributed by atoms with Gasteiger partial charge in [-0.2, -0.15) is 0 Å². The van der Waals surface area contributed by atoms with Gasteiger partial charge in [0.25, 0.3) is 0 Å². The molecule has 1 fully saturated rings. The molecule has 1 rings (SSSR count). The monoisotopic (exact) mass is 177 g/mol. The number of β-amino-alcohol motifs (C(OH)–C–C–N with tert-alkyl or cyclic N) is 1. The molecule has 0 radical (unpaired) electrons. The Morgan fingerprint density at radius 3 is 2.82 bits per heavy atom. The lowest BCUT2D eigenvalue weighted by atomic mass is 10.3. The van der Waals surface area contributed by atoms with Crippen LogP contribution in [-0.4, -0.2) is 41.6 Å². The molecular weight excluding hydrogens is 162 g/mol. The molecule has 0 spiro atoms. The Hall–Kier alpha value is 0.210. The summed E-state index contributed by atoms with van der Waals surface area (Å²) < 4.78 is 0. The highest BCUT2D eigenvalue weighted by Gasteiger charge is 2.18. The first-order chi connectivity index (χ1) is 5.33. The van der Waals surface area contributed by atoms with Gasteiger partial charge in [0.1, 0.15) is 0 Å². The number of aliphatic hydroxyl groups excluding tert-OH is 1. The summed E-state index contributed by atoms with van der Waals surface area (Å²) in [6.45, 7) is 3.02. The van der Waals surface area contributed by atoms with E-state index in [1.54, 1.807) is 0 Å². The molecule has 0 aromatic rings. The van der Waals surface area contributed by atoms with Crippen LogP contribution >= 0.6 is 11.6 Å². The standard InChI is InChI=1S/C8H16ClNO/c9-4-1-2-5-10-6-3-8(11)7-10/h8,11H,1-7H2.